The van der Waals surface area contributed by atoms with E-state index in [0.29, 0.717) is 17.0 Å². The van der Waals surface area contributed by atoms with Gasteiger partial charge in [0, 0.05) is 30.6 Å². The van der Waals surface area contributed by atoms with E-state index in [-0.39, 0.29) is 11.6 Å². The van der Waals surface area contributed by atoms with Crippen LogP contribution in [0, 0.1) is 5.82 Å². The summed E-state index contributed by atoms with van der Waals surface area (Å²) in [7, 11) is 1.80. The molecule has 0 fully saturated rings. The molecule has 0 bridgehead atoms. The van der Waals surface area contributed by atoms with Crippen molar-refractivity contribution < 1.29 is 9.18 Å². The number of carbonyl (C=O) groups is 1. The zero-order valence-electron chi connectivity index (χ0n) is 9.07. The van der Waals surface area contributed by atoms with E-state index >= 15 is 0 Å². The standard InChI is InChI=1S/C12H11FN2O/c1-8(16)10-4-3-9(13)7-11(10)12-14-5-6-15(12)2/h3-7H,1-2H3. The molecule has 0 saturated carbocycles. The van der Waals surface area contributed by atoms with Gasteiger partial charge in [-0.1, -0.05) is 0 Å². The number of nitrogens with zero attached hydrogens (tertiary/aromatic N) is 2. The van der Waals surface area contributed by atoms with Crippen molar-refractivity contribution >= 4 is 5.78 Å². The molecule has 82 valence electrons. The minimum Gasteiger partial charge on any atom is -0.334 e. The van der Waals surface area contributed by atoms with Gasteiger partial charge in [-0.05, 0) is 25.1 Å². The molecule has 0 aliphatic heterocycles. The summed E-state index contributed by atoms with van der Waals surface area (Å²) in [6, 6.07) is 4.10. The molecule has 0 aliphatic rings. The molecular weight excluding hydrogens is 207 g/mol. The molecule has 0 saturated heterocycles. The van der Waals surface area contributed by atoms with Gasteiger partial charge in [-0.15, -0.1) is 0 Å². The molecule has 0 aliphatic carbocycles. The summed E-state index contributed by atoms with van der Waals surface area (Å²) in [5.74, 6) is 0.116. The van der Waals surface area contributed by atoms with Crippen molar-refractivity contribution in [2.45, 2.75) is 6.92 Å². The maximum Gasteiger partial charge on any atom is 0.160 e. The van der Waals surface area contributed by atoms with Crippen LogP contribution in [0.4, 0.5) is 4.39 Å². The predicted octanol–water partition coefficient (Wildman–Crippen LogP) is 2.43. The first-order valence-corrected chi connectivity index (χ1v) is 4.88. The highest BCUT2D eigenvalue weighted by Gasteiger charge is 2.13. The molecule has 2 aromatic rings. The Morgan fingerprint density at radius 2 is 2.19 bits per heavy atom. The monoisotopic (exact) mass is 218 g/mol. The number of aromatic nitrogens is 2. The van der Waals surface area contributed by atoms with Crippen LogP contribution in [0.25, 0.3) is 11.4 Å². The third-order valence-corrected chi connectivity index (χ3v) is 2.42. The van der Waals surface area contributed by atoms with Gasteiger partial charge in [-0.2, -0.15) is 0 Å². The Balaban J connectivity index is 2.67. The second kappa shape index (κ2) is 3.89. The second-order valence-electron chi connectivity index (χ2n) is 3.61. The highest BCUT2D eigenvalue weighted by Crippen LogP contribution is 2.23. The average molecular weight is 218 g/mol. The smallest absolute Gasteiger partial charge is 0.160 e. The summed E-state index contributed by atoms with van der Waals surface area (Å²) in [4.78, 5) is 15.5. The molecule has 1 aromatic carbocycles. The quantitative estimate of drug-likeness (QED) is 0.725. The summed E-state index contributed by atoms with van der Waals surface area (Å²) >= 11 is 0. The maximum atomic E-state index is 13.2. The molecule has 16 heavy (non-hydrogen) atoms. The lowest BCUT2D eigenvalue weighted by Gasteiger charge is -2.06. The van der Waals surface area contributed by atoms with Crippen LogP contribution >= 0.6 is 0 Å². The SMILES string of the molecule is CC(=O)c1ccc(F)cc1-c1nccn1C. The fourth-order valence-electron chi connectivity index (χ4n) is 1.63. The molecule has 0 N–H and O–H groups in total. The Bertz CT molecular complexity index is 546. The van der Waals surface area contributed by atoms with E-state index in [0.717, 1.165) is 0 Å². The Hall–Kier alpha value is -1.97. The van der Waals surface area contributed by atoms with Crippen molar-refractivity contribution in [3.63, 3.8) is 0 Å². The van der Waals surface area contributed by atoms with Gasteiger partial charge in [-0.3, -0.25) is 4.79 Å². The number of carbonyl (C=O) groups excluding carboxylic acids is 1. The van der Waals surface area contributed by atoms with Gasteiger partial charge in [0.25, 0.3) is 0 Å². The van der Waals surface area contributed by atoms with Crippen LogP contribution in [-0.4, -0.2) is 15.3 Å². The van der Waals surface area contributed by atoms with Crippen LogP contribution in [0.1, 0.15) is 17.3 Å². The minimum atomic E-state index is -0.372. The van der Waals surface area contributed by atoms with E-state index in [1.807, 2.05) is 0 Å². The number of Topliss-reactive ketones (excluding diaryl/α,β-unsaturated/α-hetero) is 1. The van der Waals surface area contributed by atoms with Crippen molar-refractivity contribution in [2.75, 3.05) is 0 Å². The van der Waals surface area contributed by atoms with Crippen molar-refractivity contribution in [3.8, 4) is 11.4 Å². The first kappa shape index (κ1) is 10.5. The fraction of sp³-hybridized carbons (Fsp3) is 0.167. The van der Waals surface area contributed by atoms with Crippen molar-refractivity contribution in [1.29, 1.82) is 0 Å². The molecule has 1 aromatic heterocycles. The van der Waals surface area contributed by atoms with E-state index < -0.39 is 0 Å². The molecule has 4 heteroatoms. The fourth-order valence-corrected chi connectivity index (χ4v) is 1.63. The lowest BCUT2D eigenvalue weighted by molar-refractivity contribution is 0.101. The van der Waals surface area contributed by atoms with Crippen LogP contribution < -0.4 is 0 Å². The molecular formula is C12H11FN2O. The molecule has 0 atom stereocenters. The topological polar surface area (TPSA) is 34.9 Å². The maximum absolute atomic E-state index is 13.2. The van der Waals surface area contributed by atoms with E-state index in [1.54, 1.807) is 24.0 Å². The van der Waals surface area contributed by atoms with Crippen LogP contribution in [0.15, 0.2) is 30.6 Å². The first-order valence-electron chi connectivity index (χ1n) is 4.88. The summed E-state index contributed by atoms with van der Waals surface area (Å²) < 4.78 is 14.9. The van der Waals surface area contributed by atoms with Crippen molar-refractivity contribution in [2.24, 2.45) is 7.05 Å². The van der Waals surface area contributed by atoms with Gasteiger partial charge < -0.3 is 4.57 Å². The Morgan fingerprint density at radius 1 is 1.44 bits per heavy atom. The van der Waals surface area contributed by atoms with E-state index in [2.05, 4.69) is 4.98 Å². The minimum absolute atomic E-state index is 0.0991. The zero-order valence-corrected chi connectivity index (χ0v) is 9.07. The number of benzene rings is 1. The molecule has 0 amide bonds. The van der Waals surface area contributed by atoms with Crippen LogP contribution in [-0.2, 0) is 7.05 Å². The van der Waals surface area contributed by atoms with Gasteiger partial charge in [0.05, 0.1) is 0 Å². The number of hydrogen-bond donors (Lipinski definition) is 0. The molecule has 1 heterocycles. The van der Waals surface area contributed by atoms with Gasteiger partial charge in [0.15, 0.2) is 5.78 Å². The summed E-state index contributed by atoms with van der Waals surface area (Å²) in [5.41, 5.74) is 1.01. The van der Waals surface area contributed by atoms with Crippen LogP contribution in [0.2, 0.25) is 0 Å². The molecule has 2 rings (SSSR count). The zero-order chi connectivity index (χ0) is 11.7. The Morgan fingerprint density at radius 3 is 2.75 bits per heavy atom. The van der Waals surface area contributed by atoms with Gasteiger partial charge in [-0.25, -0.2) is 9.37 Å². The molecule has 3 nitrogen and oxygen atoms in total. The van der Waals surface area contributed by atoms with Crippen LogP contribution in [0.5, 0.6) is 0 Å². The second-order valence-corrected chi connectivity index (χ2v) is 3.61. The van der Waals surface area contributed by atoms with E-state index in [4.69, 9.17) is 0 Å². The lowest BCUT2D eigenvalue weighted by Crippen LogP contribution is -2.00. The Labute approximate surface area is 92.5 Å². The highest BCUT2D eigenvalue weighted by molar-refractivity contribution is 6.00. The molecule has 0 spiro atoms. The number of rotatable bonds is 2. The number of imidazole rings is 1. The first-order chi connectivity index (χ1) is 7.59. The largest absolute Gasteiger partial charge is 0.334 e. The number of aryl methyl sites for hydroxylation is 1. The van der Waals surface area contributed by atoms with Crippen molar-refractivity contribution in [3.05, 3.63) is 42.0 Å². The third-order valence-electron chi connectivity index (χ3n) is 2.42. The number of halogens is 1. The van der Waals surface area contributed by atoms with Gasteiger partial charge in [0.1, 0.15) is 11.6 Å². The van der Waals surface area contributed by atoms with E-state index in [9.17, 15) is 9.18 Å². The molecule has 0 radical (unpaired) electrons. The van der Waals surface area contributed by atoms with Crippen molar-refractivity contribution in [1.82, 2.24) is 9.55 Å². The normalized spacial score (nSPS) is 10.4. The van der Waals surface area contributed by atoms with Gasteiger partial charge >= 0.3 is 0 Å². The number of hydrogen-bond acceptors (Lipinski definition) is 2. The summed E-state index contributed by atoms with van der Waals surface area (Å²) in [6.07, 6.45) is 3.37. The molecule has 0 unspecified atom stereocenters. The third kappa shape index (κ3) is 1.74. The van der Waals surface area contributed by atoms with Gasteiger partial charge in [0.2, 0.25) is 0 Å². The average Bonchev–Trinajstić information content (AvgIpc) is 2.63. The lowest BCUT2D eigenvalue weighted by atomic mass is 10.0. The summed E-state index contributed by atoms with van der Waals surface area (Å²) in [6.45, 7) is 1.46. The van der Waals surface area contributed by atoms with Crippen LogP contribution in [0.3, 0.4) is 0 Å². The Kier molecular flexibility index (Phi) is 2.56. The summed E-state index contributed by atoms with van der Waals surface area (Å²) in [5, 5.41) is 0. The highest BCUT2D eigenvalue weighted by atomic mass is 19.1. The predicted molar refractivity (Wildman–Crippen MR) is 58.6 cm³/mol. The van der Waals surface area contributed by atoms with E-state index in [1.165, 1.54) is 25.1 Å². The number of ketones is 1.